The summed E-state index contributed by atoms with van der Waals surface area (Å²) < 4.78 is 7.33. The maximum atomic E-state index is 11.6. The molecule has 6 heteroatoms. The minimum Gasteiger partial charge on any atom is -0.494 e. The Morgan fingerprint density at radius 1 is 0.970 bits per heavy atom. The third kappa shape index (κ3) is 5.50. The van der Waals surface area contributed by atoms with Crippen molar-refractivity contribution >= 4 is 38.7 Å². The molecular formula is C27H33N3O2S. The highest BCUT2D eigenvalue weighted by atomic mass is 32.1. The molecule has 5 rings (SSSR count). The number of nitrogens with zero attached hydrogens (tertiary/aromatic N) is 2. The smallest absolute Gasteiger partial charge is 0.224 e. The minimum absolute atomic E-state index is 0.0970. The molecule has 3 heterocycles. The molecule has 0 aliphatic carbocycles. The Hall–Kier alpha value is -2.57. The molecule has 0 saturated carbocycles. The van der Waals surface area contributed by atoms with Gasteiger partial charge in [0.05, 0.1) is 6.61 Å². The molecule has 0 bridgehead atoms. The number of ether oxygens (including phenoxy) is 1. The summed E-state index contributed by atoms with van der Waals surface area (Å²) in [4.78, 5) is 16.8. The first-order valence-corrected chi connectivity index (χ1v) is 13.1. The van der Waals surface area contributed by atoms with E-state index in [0.717, 1.165) is 50.5 Å². The van der Waals surface area contributed by atoms with Crippen LogP contribution in [0.2, 0.25) is 0 Å². The van der Waals surface area contributed by atoms with E-state index in [0.29, 0.717) is 6.42 Å². The zero-order chi connectivity index (χ0) is 22.5. The highest BCUT2D eigenvalue weighted by molar-refractivity contribution is 7.17. The van der Waals surface area contributed by atoms with Gasteiger partial charge in [-0.25, -0.2) is 0 Å². The molecule has 2 aromatic carbocycles. The van der Waals surface area contributed by atoms with Crippen LogP contribution < -0.4 is 15.0 Å². The fraction of sp³-hybridized carbons (Fsp3) is 0.444. The lowest BCUT2D eigenvalue weighted by Crippen LogP contribution is -2.31. The summed E-state index contributed by atoms with van der Waals surface area (Å²) in [6, 6.07) is 15.0. The third-order valence-electron chi connectivity index (χ3n) is 6.77. The van der Waals surface area contributed by atoms with Crippen molar-refractivity contribution in [1.82, 2.24) is 4.90 Å². The summed E-state index contributed by atoms with van der Waals surface area (Å²) in [5.74, 6) is 0.948. The quantitative estimate of drug-likeness (QED) is 0.445. The molecule has 33 heavy (non-hydrogen) atoms. The van der Waals surface area contributed by atoms with Crippen LogP contribution in [0.15, 0.2) is 47.8 Å². The number of hydrogen-bond donors (Lipinski definition) is 1. The molecule has 2 aliphatic rings. The molecule has 1 aromatic heterocycles. The molecule has 174 valence electrons. The summed E-state index contributed by atoms with van der Waals surface area (Å²) in [5, 5.41) is 6.55. The number of rotatable bonds is 8. The number of anilines is 2. The van der Waals surface area contributed by atoms with Gasteiger partial charge in [0.25, 0.3) is 0 Å². The number of nitrogens with one attached hydrogen (secondary N) is 1. The van der Waals surface area contributed by atoms with Gasteiger partial charge in [0.15, 0.2) is 0 Å². The summed E-state index contributed by atoms with van der Waals surface area (Å²) in [5.41, 5.74) is 3.51. The van der Waals surface area contributed by atoms with Gasteiger partial charge in [-0.3, -0.25) is 4.79 Å². The van der Waals surface area contributed by atoms with Crippen molar-refractivity contribution in [3.8, 4) is 5.75 Å². The predicted molar refractivity (Wildman–Crippen MR) is 138 cm³/mol. The number of hydrogen-bond acceptors (Lipinski definition) is 5. The standard InChI is InChI=1S/C27H33N3O2S/c31-27-11-9-21-8-10-22(20-24(21)28-27)32-18-3-1-2-13-29-14-5-15-30(17-16-29)25-6-4-7-26-23(25)12-19-33-26/h4,6-8,10,12,19-20H,1-3,5,9,11,13-18H2,(H,28,31). The van der Waals surface area contributed by atoms with Crippen molar-refractivity contribution in [1.29, 1.82) is 0 Å². The molecule has 1 amide bonds. The fourth-order valence-electron chi connectivity index (χ4n) is 4.93. The predicted octanol–water partition coefficient (Wildman–Crippen LogP) is 5.55. The van der Waals surface area contributed by atoms with Crippen LogP contribution in [0.3, 0.4) is 0 Å². The Labute approximate surface area is 200 Å². The lowest BCUT2D eigenvalue weighted by Gasteiger charge is -2.24. The van der Waals surface area contributed by atoms with Gasteiger partial charge < -0.3 is 19.9 Å². The highest BCUT2D eigenvalue weighted by Gasteiger charge is 2.17. The molecule has 0 spiro atoms. The molecular weight excluding hydrogens is 430 g/mol. The van der Waals surface area contributed by atoms with E-state index in [-0.39, 0.29) is 5.91 Å². The number of fused-ring (bicyclic) bond motifs is 2. The van der Waals surface area contributed by atoms with Crippen LogP contribution in [0.4, 0.5) is 11.4 Å². The van der Waals surface area contributed by atoms with Crippen molar-refractivity contribution < 1.29 is 9.53 Å². The normalized spacial score (nSPS) is 17.0. The molecule has 0 atom stereocenters. The minimum atomic E-state index is 0.0970. The van der Waals surface area contributed by atoms with Crippen LogP contribution in [0, 0.1) is 0 Å². The summed E-state index contributed by atoms with van der Waals surface area (Å²) in [6.07, 6.45) is 6.06. The van der Waals surface area contributed by atoms with Crippen LogP contribution in [0.5, 0.6) is 5.75 Å². The number of carbonyl (C=O) groups is 1. The molecule has 2 aliphatic heterocycles. The monoisotopic (exact) mass is 463 g/mol. The zero-order valence-electron chi connectivity index (χ0n) is 19.2. The first-order valence-electron chi connectivity index (χ1n) is 12.3. The van der Waals surface area contributed by atoms with E-state index in [2.05, 4.69) is 50.8 Å². The Morgan fingerprint density at radius 3 is 2.91 bits per heavy atom. The van der Waals surface area contributed by atoms with Crippen LogP contribution >= 0.6 is 11.3 Å². The fourth-order valence-corrected chi connectivity index (χ4v) is 5.74. The number of carbonyl (C=O) groups excluding carboxylic acids is 1. The average molecular weight is 464 g/mol. The maximum absolute atomic E-state index is 11.6. The van der Waals surface area contributed by atoms with Crippen molar-refractivity contribution in [2.24, 2.45) is 0 Å². The van der Waals surface area contributed by atoms with Crippen molar-refractivity contribution in [3.05, 3.63) is 53.4 Å². The van der Waals surface area contributed by atoms with Crippen LogP contribution in [-0.2, 0) is 11.2 Å². The molecule has 0 unspecified atom stereocenters. The van der Waals surface area contributed by atoms with E-state index in [9.17, 15) is 4.79 Å². The second-order valence-electron chi connectivity index (χ2n) is 9.07. The molecule has 0 radical (unpaired) electrons. The SMILES string of the molecule is O=C1CCc2ccc(OCCCCCN3CCCN(c4cccc5sccc45)CC3)cc2N1. The van der Waals surface area contributed by atoms with Crippen molar-refractivity contribution in [2.45, 2.75) is 38.5 Å². The van der Waals surface area contributed by atoms with Gasteiger partial charge in [-0.05, 0) is 80.4 Å². The van der Waals surface area contributed by atoms with Gasteiger partial charge in [-0.15, -0.1) is 11.3 Å². The van der Waals surface area contributed by atoms with Gasteiger partial charge in [-0.1, -0.05) is 12.1 Å². The van der Waals surface area contributed by atoms with Gasteiger partial charge in [0, 0.05) is 53.6 Å². The number of amides is 1. The summed E-state index contributed by atoms with van der Waals surface area (Å²) in [6.45, 7) is 6.46. The number of thiophene rings is 1. The van der Waals surface area contributed by atoms with Gasteiger partial charge in [-0.2, -0.15) is 0 Å². The third-order valence-corrected chi connectivity index (χ3v) is 7.65. The van der Waals surface area contributed by atoms with E-state index < -0.39 is 0 Å². The van der Waals surface area contributed by atoms with Crippen LogP contribution in [0.25, 0.3) is 10.1 Å². The average Bonchev–Trinajstić information content (AvgIpc) is 3.20. The Morgan fingerprint density at radius 2 is 1.94 bits per heavy atom. The number of benzene rings is 2. The van der Waals surface area contributed by atoms with Gasteiger partial charge >= 0.3 is 0 Å². The zero-order valence-corrected chi connectivity index (χ0v) is 20.0. The van der Waals surface area contributed by atoms with Crippen LogP contribution in [0.1, 0.15) is 37.7 Å². The second kappa shape index (κ2) is 10.6. The number of unbranched alkanes of at least 4 members (excludes halogenated alkanes) is 2. The maximum Gasteiger partial charge on any atom is 0.224 e. The lowest BCUT2D eigenvalue weighted by molar-refractivity contribution is -0.116. The Balaban J connectivity index is 1.02. The van der Waals surface area contributed by atoms with E-state index in [1.807, 2.05) is 23.5 Å². The highest BCUT2D eigenvalue weighted by Crippen LogP contribution is 2.31. The molecule has 3 aromatic rings. The van der Waals surface area contributed by atoms with E-state index in [1.165, 1.54) is 53.7 Å². The van der Waals surface area contributed by atoms with E-state index in [1.54, 1.807) is 0 Å². The second-order valence-corrected chi connectivity index (χ2v) is 10.0. The summed E-state index contributed by atoms with van der Waals surface area (Å²) in [7, 11) is 0. The number of aryl methyl sites for hydroxylation is 1. The largest absolute Gasteiger partial charge is 0.494 e. The molecule has 1 fully saturated rings. The first kappa shape index (κ1) is 22.2. The van der Waals surface area contributed by atoms with Crippen molar-refractivity contribution in [3.63, 3.8) is 0 Å². The first-order chi connectivity index (χ1) is 16.3. The van der Waals surface area contributed by atoms with Crippen LogP contribution in [-0.4, -0.2) is 50.1 Å². The Kier molecular flexibility index (Phi) is 7.12. The molecule has 1 saturated heterocycles. The molecule has 5 nitrogen and oxygen atoms in total. The van der Waals surface area contributed by atoms with Gasteiger partial charge in [0.2, 0.25) is 5.91 Å². The van der Waals surface area contributed by atoms with Crippen molar-refractivity contribution in [2.75, 3.05) is 49.5 Å². The topological polar surface area (TPSA) is 44.8 Å². The van der Waals surface area contributed by atoms with E-state index >= 15 is 0 Å². The lowest BCUT2D eigenvalue weighted by atomic mass is 10.0. The molecule has 1 N–H and O–H groups in total. The Bertz CT molecular complexity index is 1100. The van der Waals surface area contributed by atoms with E-state index in [4.69, 9.17) is 4.74 Å². The summed E-state index contributed by atoms with van der Waals surface area (Å²) >= 11 is 1.83. The van der Waals surface area contributed by atoms with Gasteiger partial charge in [0.1, 0.15) is 5.75 Å².